The van der Waals surface area contributed by atoms with E-state index in [0.717, 1.165) is 0 Å². The molecule has 0 aliphatic heterocycles. The second-order valence-corrected chi connectivity index (χ2v) is 5.32. The lowest BCUT2D eigenvalue weighted by Crippen LogP contribution is -2.27. The van der Waals surface area contributed by atoms with Crippen LogP contribution in [0.25, 0.3) is 0 Å². The third kappa shape index (κ3) is 6.46. The highest BCUT2D eigenvalue weighted by Gasteiger charge is 2.34. The van der Waals surface area contributed by atoms with Crippen molar-refractivity contribution < 1.29 is 14.3 Å². The number of rotatable bonds is 4. The Morgan fingerprint density at radius 2 is 1.79 bits per heavy atom. The van der Waals surface area contributed by atoms with Gasteiger partial charge < -0.3 is 9.53 Å². The molecule has 0 rings (SSSR count). The Morgan fingerprint density at radius 3 is 2.07 bits per heavy atom. The molecule has 82 valence electrons. The molecule has 1 atom stereocenters. The molecule has 0 aromatic carbocycles. The lowest BCUT2D eigenvalue weighted by atomic mass is 10.1. The summed E-state index contributed by atoms with van der Waals surface area (Å²) in [6.07, 6.45) is 0.0732. The van der Waals surface area contributed by atoms with Gasteiger partial charge >= 0.3 is 5.97 Å². The van der Waals surface area contributed by atoms with E-state index in [2.05, 4.69) is 4.74 Å². The predicted octanol–water partition coefficient (Wildman–Crippen LogP) is 2.52. The van der Waals surface area contributed by atoms with Gasteiger partial charge in [-0.15, -0.1) is 0 Å². The molecule has 3 nitrogen and oxygen atoms in total. The van der Waals surface area contributed by atoms with Crippen LogP contribution in [0.2, 0.25) is 0 Å². The molecular formula is C8H11Cl3O3. The van der Waals surface area contributed by atoms with Crippen LogP contribution in [0.1, 0.15) is 20.3 Å². The maximum absolute atomic E-state index is 10.8. The van der Waals surface area contributed by atoms with Crippen LogP contribution >= 0.6 is 34.8 Å². The van der Waals surface area contributed by atoms with Gasteiger partial charge in [-0.25, -0.2) is 0 Å². The number of Topliss-reactive ketones (excluding diaryl/α,β-unsaturated/α-hetero) is 1. The van der Waals surface area contributed by atoms with Crippen LogP contribution < -0.4 is 0 Å². The highest BCUT2D eigenvalue weighted by Crippen LogP contribution is 2.37. The Labute approximate surface area is 97.6 Å². The fourth-order valence-electron chi connectivity index (χ4n) is 0.834. The number of halogens is 3. The van der Waals surface area contributed by atoms with Crippen LogP contribution in [0.5, 0.6) is 0 Å². The monoisotopic (exact) mass is 260 g/mol. The number of esters is 1. The Morgan fingerprint density at radius 1 is 1.29 bits per heavy atom. The summed E-state index contributed by atoms with van der Waals surface area (Å²) >= 11 is 16.8. The Bertz CT molecular complexity index is 222. The Balaban J connectivity index is 4.26. The average molecular weight is 262 g/mol. The number of ketones is 1. The molecular weight excluding hydrogens is 250 g/mol. The van der Waals surface area contributed by atoms with E-state index in [1.165, 1.54) is 13.8 Å². The van der Waals surface area contributed by atoms with Gasteiger partial charge in [0.1, 0.15) is 5.78 Å². The highest BCUT2D eigenvalue weighted by atomic mass is 35.6. The van der Waals surface area contributed by atoms with E-state index in [1.807, 2.05) is 0 Å². The topological polar surface area (TPSA) is 43.4 Å². The van der Waals surface area contributed by atoms with Crippen LogP contribution in [0.3, 0.4) is 0 Å². The van der Waals surface area contributed by atoms with Crippen LogP contribution in [0, 0.1) is 5.92 Å². The van der Waals surface area contributed by atoms with Crippen LogP contribution in [0.15, 0.2) is 0 Å². The number of alkyl halides is 3. The molecule has 0 bridgehead atoms. The van der Waals surface area contributed by atoms with Crippen molar-refractivity contribution in [3.05, 3.63) is 0 Å². The van der Waals surface area contributed by atoms with Crippen LogP contribution in [-0.4, -0.2) is 22.2 Å². The van der Waals surface area contributed by atoms with E-state index in [-0.39, 0.29) is 18.8 Å². The summed E-state index contributed by atoms with van der Waals surface area (Å²) in [7, 11) is 0. The van der Waals surface area contributed by atoms with Gasteiger partial charge in [-0.05, 0) is 6.92 Å². The van der Waals surface area contributed by atoms with E-state index in [0.29, 0.717) is 0 Å². The summed E-state index contributed by atoms with van der Waals surface area (Å²) in [4.78, 5) is 21.4. The Hall–Kier alpha value is 0.01000. The largest absolute Gasteiger partial charge is 0.465 e. The van der Waals surface area contributed by atoms with E-state index in [9.17, 15) is 9.59 Å². The van der Waals surface area contributed by atoms with Gasteiger partial charge in [0, 0.05) is 19.3 Å². The third-order valence-corrected chi connectivity index (χ3v) is 2.41. The number of hydrogen-bond donors (Lipinski definition) is 0. The first-order valence-corrected chi connectivity index (χ1v) is 5.06. The molecule has 0 aliphatic carbocycles. The average Bonchev–Trinajstić information content (AvgIpc) is 1.94. The van der Waals surface area contributed by atoms with E-state index >= 15 is 0 Å². The fraction of sp³-hybridized carbons (Fsp3) is 0.750. The van der Waals surface area contributed by atoms with Gasteiger partial charge in [0.15, 0.2) is 3.79 Å². The molecule has 1 unspecified atom stereocenters. The van der Waals surface area contributed by atoms with Gasteiger partial charge in [0.2, 0.25) is 0 Å². The van der Waals surface area contributed by atoms with Crippen molar-refractivity contribution in [1.82, 2.24) is 0 Å². The summed E-state index contributed by atoms with van der Waals surface area (Å²) in [5.41, 5.74) is 0. The molecule has 0 spiro atoms. The number of carbonyl (C=O) groups is 2. The first kappa shape index (κ1) is 14.0. The molecule has 0 heterocycles. The minimum Gasteiger partial charge on any atom is -0.465 e. The van der Waals surface area contributed by atoms with Crippen molar-refractivity contribution in [1.29, 1.82) is 0 Å². The van der Waals surface area contributed by atoms with E-state index in [1.54, 1.807) is 0 Å². The van der Waals surface area contributed by atoms with Crippen molar-refractivity contribution >= 4 is 46.6 Å². The lowest BCUT2D eigenvalue weighted by molar-refractivity contribution is -0.142. The quantitative estimate of drug-likeness (QED) is 0.577. The van der Waals surface area contributed by atoms with Gasteiger partial charge in [0.25, 0.3) is 0 Å². The minimum absolute atomic E-state index is 0.0641. The minimum atomic E-state index is -1.60. The summed E-state index contributed by atoms with van der Waals surface area (Å²) in [6, 6.07) is 0. The number of ether oxygens (including phenoxy) is 1. The smallest absolute Gasteiger partial charge is 0.302 e. The van der Waals surface area contributed by atoms with Crippen molar-refractivity contribution in [2.75, 3.05) is 6.61 Å². The fourth-order valence-corrected chi connectivity index (χ4v) is 1.25. The third-order valence-electron chi connectivity index (χ3n) is 1.48. The zero-order chi connectivity index (χ0) is 11.4. The van der Waals surface area contributed by atoms with E-state index in [4.69, 9.17) is 34.8 Å². The number of carbonyl (C=O) groups excluding carboxylic acids is 2. The van der Waals surface area contributed by atoms with Gasteiger partial charge in [-0.3, -0.25) is 4.79 Å². The molecule has 0 aromatic heterocycles. The SMILES string of the molecule is CC(=O)CC(COC(C)=O)C(Cl)(Cl)Cl. The predicted molar refractivity (Wildman–Crippen MR) is 55.7 cm³/mol. The highest BCUT2D eigenvalue weighted by molar-refractivity contribution is 6.67. The van der Waals surface area contributed by atoms with Crippen molar-refractivity contribution in [3.8, 4) is 0 Å². The summed E-state index contributed by atoms with van der Waals surface area (Å²) in [5, 5.41) is 0. The molecule has 0 saturated carbocycles. The lowest BCUT2D eigenvalue weighted by Gasteiger charge is -2.22. The second-order valence-electron chi connectivity index (χ2n) is 2.95. The zero-order valence-electron chi connectivity index (χ0n) is 7.85. The molecule has 0 amide bonds. The normalized spacial score (nSPS) is 13.5. The first-order valence-electron chi connectivity index (χ1n) is 3.93. The maximum atomic E-state index is 10.8. The first-order chi connectivity index (χ1) is 6.23. The zero-order valence-corrected chi connectivity index (χ0v) is 10.1. The molecule has 0 saturated heterocycles. The van der Waals surface area contributed by atoms with Gasteiger partial charge in [-0.2, -0.15) is 0 Å². The van der Waals surface area contributed by atoms with E-state index < -0.39 is 15.7 Å². The molecule has 14 heavy (non-hydrogen) atoms. The summed E-state index contributed by atoms with van der Waals surface area (Å²) < 4.78 is 3.09. The van der Waals surface area contributed by atoms with Crippen molar-refractivity contribution in [3.63, 3.8) is 0 Å². The standard InChI is InChI=1S/C8H11Cl3O3/c1-5(12)3-7(8(9,10)11)4-14-6(2)13/h7H,3-4H2,1-2H3. The Kier molecular flexibility index (Phi) is 5.79. The van der Waals surface area contributed by atoms with Crippen molar-refractivity contribution in [2.24, 2.45) is 5.92 Å². The van der Waals surface area contributed by atoms with Gasteiger partial charge in [0.05, 0.1) is 6.61 Å². The molecule has 0 radical (unpaired) electrons. The summed E-state index contributed by atoms with van der Waals surface area (Å²) in [5.74, 6) is -1.19. The van der Waals surface area contributed by atoms with Crippen LogP contribution in [0.4, 0.5) is 0 Å². The molecule has 0 aromatic rings. The van der Waals surface area contributed by atoms with Crippen LogP contribution in [-0.2, 0) is 14.3 Å². The summed E-state index contributed by atoms with van der Waals surface area (Å²) in [6.45, 7) is 2.58. The van der Waals surface area contributed by atoms with Crippen molar-refractivity contribution in [2.45, 2.75) is 24.1 Å². The molecule has 0 fully saturated rings. The van der Waals surface area contributed by atoms with Gasteiger partial charge in [-0.1, -0.05) is 34.8 Å². The molecule has 0 aliphatic rings. The number of hydrogen-bond acceptors (Lipinski definition) is 3. The molecule has 0 N–H and O–H groups in total. The second kappa shape index (κ2) is 5.79. The molecule has 6 heteroatoms. The maximum Gasteiger partial charge on any atom is 0.302 e.